The number of H-pyrrole nitrogens is 1. The third-order valence-electron chi connectivity index (χ3n) is 5.61. The van der Waals surface area contributed by atoms with Crippen molar-refractivity contribution in [1.29, 1.82) is 0 Å². The maximum Gasteiger partial charge on any atom is 0.361 e. The number of hydrogen-bond donors (Lipinski definition) is 1. The second-order valence-electron chi connectivity index (χ2n) is 7.95. The van der Waals surface area contributed by atoms with E-state index in [1.807, 2.05) is 0 Å². The van der Waals surface area contributed by atoms with Crippen LogP contribution in [0, 0.1) is 23.7 Å². The molecule has 2 aliphatic rings. The fourth-order valence-electron chi connectivity index (χ4n) is 3.95. The van der Waals surface area contributed by atoms with Crippen molar-refractivity contribution in [2.75, 3.05) is 0 Å². The number of rotatable bonds is 5. The van der Waals surface area contributed by atoms with Gasteiger partial charge in [-0.15, -0.1) is 16.8 Å². The van der Waals surface area contributed by atoms with Crippen molar-refractivity contribution in [2.45, 2.75) is 25.2 Å². The van der Waals surface area contributed by atoms with Crippen molar-refractivity contribution >= 4 is 23.5 Å². The van der Waals surface area contributed by atoms with Gasteiger partial charge in [0.05, 0.1) is 5.56 Å². The predicted molar refractivity (Wildman–Crippen MR) is 115 cm³/mol. The van der Waals surface area contributed by atoms with Gasteiger partial charge in [-0.3, -0.25) is 0 Å². The third-order valence-corrected chi connectivity index (χ3v) is 5.61. The summed E-state index contributed by atoms with van der Waals surface area (Å²) < 4.78 is 74.8. The number of imidazole rings is 1. The summed E-state index contributed by atoms with van der Waals surface area (Å²) in [4.78, 5) is 12.7. The van der Waals surface area contributed by atoms with Crippen molar-refractivity contribution in [1.82, 2.24) is 9.97 Å². The van der Waals surface area contributed by atoms with E-state index in [9.17, 15) is 22.0 Å². The van der Waals surface area contributed by atoms with Gasteiger partial charge >= 0.3 is 6.18 Å². The van der Waals surface area contributed by atoms with E-state index in [4.69, 9.17) is 4.84 Å². The van der Waals surface area contributed by atoms with Crippen molar-refractivity contribution < 1.29 is 35.8 Å². The lowest BCUT2D eigenvalue weighted by atomic mass is 9.86. The summed E-state index contributed by atoms with van der Waals surface area (Å²) in [5, 5.41) is 3.89. The van der Waals surface area contributed by atoms with Gasteiger partial charge < -0.3 is 14.2 Å². The average molecular weight is 488 g/mol. The second-order valence-corrected chi connectivity index (χ2v) is 7.95. The molecule has 5 rings (SSSR count). The maximum absolute atomic E-state index is 14.1. The molecule has 1 atom stereocenters. The number of aromatic amines is 1. The van der Waals surface area contributed by atoms with Crippen molar-refractivity contribution in [2.24, 2.45) is 5.16 Å². The summed E-state index contributed by atoms with van der Waals surface area (Å²) in [6.07, 6.45) is 1.96. The Morgan fingerprint density at radius 3 is 2.83 bits per heavy atom. The highest BCUT2D eigenvalue weighted by molar-refractivity contribution is 6.04. The molecule has 0 saturated heterocycles. The van der Waals surface area contributed by atoms with Crippen LogP contribution in [0.3, 0.4) is 0 Å². The van der Waals surface area contributed by atoms with Gasteiger partial charge in [-0.05, 0) is 12.1 Å². The van der Waals surface area contributed by atoms with Crippen LogP contribution in [0.25, 0.3) is 22.4 Å². The molecular formula is C24H17F5N4O2. The average Bonchev–Trinajstić information content (AvgIpc) is 3.46. The molecule has 0 bridgehead atoms. The van der Waals surface area contributed by atoms with E-state index in [1.54, 1.807) is 23.0 Å². The molecule has 1 N–H and O–H groups in total. The minimum absolute atomic E-state index is 0.000611. The first kappa shape index (κ1) is 22.6. The van der Waals surface area contributed by atoms with Crippen LogP contribution >= 0.6 is 0 Å². The standard InChI is InChI=1S/C24H16F5N4O2/c1-34-13-5-6-15(17(9-13)24(27,28)29)20-10-14(35-32-20)11-33-8-7-19-21(12-33)31-23(30-19)16-3-2-4-18(25)22(16)26/h2-9,12,14H,1,10-11H2/q-1/p+1. The number of pyridine rings is 1. The highest BCUT2D eigenvalue weighted by Gasteiger charge is 2.35. The zero-order valence-corrected chi connectivity index (χ0v) is 17.9. The van der Waals surface area contributed by atoms with E-state index >= 15 is 0 Å². The van der Waals surface area contributed by atoms with Crippen LogP contribution in [0.5, 0.6) is 0 Å². The normalized spacial score (nSPS) is 18.0. The molecule has 0 amide bonds. The molecule has 0 fully saturated rings. The number of hydrogen-bond acceptors (Lipinski definition) is 3. The first-order valence-corrected chi connectivity index (χ1v) is 10.4. The molecule has 0 spiro atoms. The largest absolute Gasteiger partial charge is 0.386 e. The SMILES string of the molecule is C=[O+][C-]1C=C[C-](C2=NOC(C[n+]3ccc4nc(-c5cccc(F)c5F)[nH]c4c3)C2)C(C(F)(F)F)=C1. The molecule has 0 radical (unpaired) electrons. The Hall–Kier alpha value is -4.15. The van der Waals surface area contributed by atoms with E-state index in [2.05, 4.69) is 26.3 Å². The number of nitrogens with zero attached hydrogens (tertiary/aromatic N) is 3. The van der Waals surface area contributed by atoms with Gasteiger partial charge in [0.1, 0.15) is 16.9 Å². The van der Waals surface area contributed by atoms with Crippen molar-refractivity contribution in [3.05, 3.63) is 84.1 Å². The number of aromatic nitrogens is 3. The molecule has 3 heterocycles. The topological polar surface area (TPSA) is 65.5 Å². The maximum atomic E-state index is 14.1. The smallest absolute Gasteiger partial charge is 0.361 e. The number of allylic oxidation sites excluding steroid dienone is 2. The molecular weight excluding hydrogens is 471 g/mol. The van der Waals surface area contributed by atoms with E-state index in [-0.39, 0.29) is 42.1 Å². The Balaban J connectivity index is 1.31. The van der Waals surface area contributed by atoms with Crippen LogP contribution in [-0.2, 0) is 15.8 Å². The molecule has 35 heavy (non-hydrogen) atoms. The summed E-state index contributed by atoms with van der Waals surface area (Å²) in [6, 6.07) is 5.51. The molecule has 1 aliphatic heterocycles. The molecule has 180 valence electrons. The summed E-state index contributed by atoms with van der Waals surface area (Å²) in [6.45, 7) is 3.43. The lowest BCUT2D eigenvalue weighted by Crippen LogP contribution is -2.39. The van der Waals surface area contributed by atoms with E-state index in [0.29, 0.717) is 11.0 Å². The van der Waals surface area contributed by atoms with Crippen molar-refractivity contribution in [3.63, 3.8) is 0 Å². The second kappa shape index (κ2) is 8.57. The molecule has 1 aromatic carbocycles. The Bertz CT molecular complexity index is 1390. The van der Waals surface area contributed by atoms with E-state index in [1.165, 1.54) is 24.3 Å². The Morgan fingerprint density at radius 2 is 2.06 bits per heavy atom. The first-order chi connectivity index (χ1) is 16.7. The van der Waals surface area contributed by atoms with Gasteiger partial charge in [0.15, 0.2) is 42.8 Å². The summed E-state index contributed by atoms with van der Waals surface area (Å²) in [7, 11) is 0. The lowest BCUT2D eigenvalue weighted by molar-refractivity contribution is -0.702. The Labute approximate surface area is 195 Å². The number of nitrogens with one attached hydrogen (secondary N) is 1. The van der Waals surface area contributed by atoms with Gasteiger partial charge in [0.25, 0.3) is 0 Å². The quantitative estimate of drug-likeness (QED) is 0.249. The van der Waals surface area contributed by atoms with Crippen LogP contribution in [0.2, 0.25) is 0 Å². The van der Waals surface area contributed by atoms with Crippen LogP contribution in [-0.4, -0.2) is 34.7 Å². The molecule has 0 saturated carbocycles. The fraction of sp³-hybridized carbons (Fsp3) is 0.167. The van der Waals surface area contributed by atoms with Gasteiger partial charge in [0, 0.05) is 18.2 Å². The zero-order chi connectivity index (χ0) is 24.7. The van der Waals surface area contributed by atoms with Crippen LogP contribution in [0.15, 0.2) is 65.6 Å². The van der Waals surface area contributed by atoms with Gasteiger partial charge in [-0.25, -0.2) is 19.8 Å². The Morgan fingerprint density at radius 1 is 1.23 bits per heavy atom. The lowest BCUT2D eigenvalue weighted by Gasteiger charge is -2.34. The zero-order valence-electron chi connectivity index (χ0n) is 17.9. The summed E-state index contributed by atoms with van der Waals surface area (Å²) in [5.74, 6) is -1.89. The first-order valence-electron chi connectivity index (χ1n) is 10.4. The van der Waals surface area contributed by atoms with Gasteiger partial charge in [-0.2, -0.15) is 29.7 Å². The highest BCUT2D eigenvalue weighted by Crippen LogP contribution is 2.40. The highest BCUT2D eigenvalue weighted by atomic mass is 19.4. The van der Waals surface area contributed by atoms with Gasteiger partial charge in [-0.1, -0.05) is 6.07 Å². The Kier molecular flexibility index (Phi) is 5.54. The number of carbonyl (C=O) groups excluding carboxylic acids is 1. The van der Waals surface area contributed by atoms with Crippen LogP contribution < -0.4 is 4.57 Å². The number of halogens is 5. The summed E-state index contributed by atoms with van der Waals surface area (Å²) >= 11 is 0. The third kappa shape index (κ3) is 4.36. The van der Waals surface area contributed by atoms with E-state index < -0.39 is 29.5 Å². The minimum atomic E-state index is -4.61. The molecule has 6 nitrogen and oxygen atoms in total. The van der Waals surface area contributed by atoms with E-state index in [0.717, 1.165) is 12.1 Å². The molecule has 1 aliphatic carbocycles. The molecule has 11 heteroatoms. The molecule has 2 aromatic heterocycles. The molecule has 1 unspecified atom stereocenters. The summed E-state index contributed by atoms with van der Waals surface area (Å²) in [5.41, 5.74) is 0.385. The number of benzene rings is 1. The molecule has 3 aromatic rings. The monoisotopic (exact) mass is 488 g/mol. The number of alkyl halides is 3. The number of fused-ring (bicyclic) bond motifs is 1. The number of oxime groups is 1. The van der Waals surface area contributed by atoms with Crippen LogP contribution in [0.4, 0.5) is 22.0 Å². The van der Waals surface area contributed by atoms with Gasteiger partial charge in [0.2, 0.25) is 6.79 Å². The van der Waals surface area contributed by atoms with Crippen molar-refractivity contribution in [3.8, 4) is 11.4 Å². The fourth-order valence-corrected chi connectivity index (χ4v) is 3.95. The minimum Gasteiger partial charge on any atom is -0.386 e. The van der Waals surface area contributed by atoms with Crippen LogP contribution in [0.1, 0.15) is 6.42 Å². The predicted octanol–water partition coefficient (Wildman–Crippen LogP) is 4.47.